The topological polar surface area (TPSA) is 70.7 Å². The van der Waals surface area contributed by atoms with Crippen molar-refractivity contribution in [3.8, 4) is 0 Å². The standard InChI is InChI=1S/C17H27N3O3/c1-17(2,3)23-16(22)19-11-7-10-18-14-9-6-8-13(12-14)15(21)20(4)5/h6,8-9,12,18H,7,10-11H2,1-5H3,(H,19,22). The lowest BCUT2D eigenvalue weighted by atomic mass is 10.2. The van der Waals surface area contributed by atoms with Crippen LogP contribution in [0.2, 0.25) is 0 Å². The lowest BCUT2D eigenvalue weighted by Crippen LogP contribution is -2.33. The maximum absolute atomic E-state index is 11.9. The number of anilines is 1. The second kappa shape index (κ2) is 8.41. The van der Waals surface area contributed by atoms with Gasteiger partial charge < -0.3 is 20.3 Å². The fourth-order valence-electron chi connectivity index (χ4n) is 1.85. The summed E-state index contributed by atoms with van der Waals surface area (Å²) in [5, 5.41) is 5.95. The van der Waals surface area contributed by atoms with Gasteiger partial charge in [0.2, 0.25) is 0 Å². The van der Waals surface area contributed by atoms with E-state index in [1.807, 2.05) is 39.0 Å². The van der Waals surface area contributed by atoms with Crippen LogP contribution in [0.3, 0.4) is 0 Å². The number of ether oxygens (including phenoxy) is 1. The first-order chi connectivity index (χ1) is 10.7. The molecule has 0 unspecified atom stereocenters. The van der Waals surface area contributed by atoms with Crippen LogP contribution in [0.5, 0.6) is 0 Å². The minimum atomic E-state index is -0.484. The van der Waals surface area contributed by atoms with Crippen molar-refractivity contribution in [2.24, 2.45) is 0 Å². The Morgan fingerprint density at radius 3 is 2.48 bits per heavy atom. The highest BCUT2D eigenvalue weighted by atomic mass is 16.6. The molecule has 0 fully saturated rings. The van der Waals surface area contributed by atoms with Gasteiger partial charge in [0.05, 0.1) is 0 Å². The second-order valence-electron chi connectivity index (χ2n) is 6.49. The summed E-state index contributed by atoms with van der Waals surface area (Å²) in [5.74, 6) is -0.0276. The van der Waals surface area contributed by atoms with Gasteiger partial charge in [-0.15, -0.1) is 0 Å². The average Bonchev–Trinajstić information content (AvgIpc) is 2.44. The highest BCUT2D eigenvalue weighted by Gasteiger charge is 2.15. The largest absolute Gasteiger partial charge is 0.444 e. The number of benzene rings is 1. The van der Waals surface area contributed by atoms with Gasteiger partial charge >= 0.3 is 6.09 Å². The molecule has 128 valence electrons. The lowest BCUT2D eigenvalue weighted by Gasteiger charge is -2.19. The van der Waals surface area contributed by atoms with Gasteiger partial charge in [-0.25, -0.2) is 4.79 Å². The molecule has 0 bridgehead atoms. The predicted molar refractivity (Wildman–Crippen MR) is 91.8 cm³/mol. The molecule has 1 aromatic carbocycles. The number of nitrogens with one attached hydrogen (secondary N) is 2. The summed E-state index contributed by atoms with van der Waals surface area (Å²) in [5.41, 5.74) is 1.05. The Morgan fingerprint density at radius 1 is 1.17 bits per heavy atom. The number of nitrogens with zero attached hydrogens (tertiary/aromatic N) is 1. The van der Waals surface area contributed by atoms with Crippen molar-refractivity contribution in [3.05, 3.63) is 29.8 Å². The van der Waals surface area contributed by atoms with Gasteiger partial charge in [-0.05, 0) is 45.4 Å². The van der Waals surface area contributed by atoms with Gasteiger partial charge in [0.25, 0.3) is 5.91 Å². The molecule has 1 rings (SSSR count). The Balaban J connectivity index is 2.33. The molecule has 0 saturated heterocycles. The van der Waals surface area contributed by atoms with Gasteiger partial charge in [-0.1, -0.05) is 6.07 Å². The maximum Gasteiger partial charge on any atom is 0.407 e. The molecule has 2 amide bonds. The van der Waals surface area contributed by atoms with Gasteiger partial charge in [0.1, 0.15) is 5.60 Å². The molecular formula is C17H27N3O3. The van der Waals surface area contributed by atoms with Crippen LogP contribution < -0.4 is 10.6 Å². The molecule has 0 radical (unpaired) electrons. The molecule has 6 nitrogen and oxygen atoms in total. The smallest absolute Gasteiger partial charge is 0.407 e. The minimum Gasteiger partial charge on any atom is -0.444 e. The molecular weight excluding hydrogens is 294 g/mol. The second-order valence-corrected chi connectivity index (χ2v) is 6.49. The van der Waals surface area contributed by atoms with E-state index in [0.717, 1.165) is 12.1 Å². The first kappa shape index (κ1) is 18.8. The molecule has 0 atom stereocenters. The zero-order valence-corrected chi connectivity index (χ0v) is 14.6. The average molecular weight is 321 g/mol. The summed E-state index contributed by atoms with van der Waals surface area (Å²) in [7, 11) is 3.45. The Bertz CT molecular complexity index is 536. The van der Waals surface area contributed by atoms with Crippen molar-refractivity contribution < 1.29 is 14.3 Å². The SMILES string of the molecule is CN(C)C(=O)c1cccc(NCCCNC(=O)OC(C)(C)C)c1. The maximum atomic E-state index is 11.9. The van der Waals surface area contributed by atoms with Crippen LogP contribution in [0.25, 0.3) is 0 Å². The van der Waals surface area contributed by atoms with Crippen LogP contribution in [0.1, 0.15) is 37.6 Å². The number of hydrogen-bond acceptors (Lipinski definition) is 4. The zero-order valence-electron chi connectivity index (χ0n) is 14.6. The van der Waals surface area contributed by atoms with Crippen LogP contribution >= 0.6 is 0 Å². The van der Waals surface area contributed by atoms with Crippen LogP contribution in [0.4, 0.5) is 10.5 Å². The summed E-state index contributed by atoms with van der Waals surface area (Å²) in [6.07, 6.45) is 0.349. The molecule has 1 aromatic rings. The molecule has 0 spiro atoms. The predicted octanol–water partition coefficient (Wildman–Crippen LogP) is 2.72. The van der Waals surface area contributed by atoms with Gasteiger partial charge in [-0.2, -0.15) is 0 Å². The van der Waals surface area contributed by atoms with Crippen molar-refractivity contribution in [1.29, 1.82) is 0 Å². The van der Waals surface area contributed by atoms with Crippen molar-refractivity contribution in [2.45, 2.75) is 32.8 Å². The normalized spacial score (nSPS) is 10.8. The lowest BCUT2D eigenvalue weighted by molar-refractivity contribution is 0.0527. The van der Waals surface area contributed by atoms with E-state index >= 15 is 0 Å². The monoisotopic (exact) mass is 321 g/mol. The summed E-state index contributed by atoms with van der Waals surface area (Å²) < 4.78 is 5.15. The third-order valence-corrected chi connectivity index (χ3v) is 2.87. The van der Waals surface area contributed by atoms with Gasteiger partial charge in [0.15, 0.2) is 0 Å². The van der Waals surface area contributed by atoms with E-state index < -0.39 is 11.7 Å². The first-order valence-corrected chi connectivity index (χ1v) is 7.71. The van der Waals surface area contributed by atoms with Crippen LogP contribution in [0, 0.1) is 0 Å². The van der Waals surface area contributed by atoms with Crippen molar-refractivity contribution in [1.82, 2.24) is 10.2 Å². The Kier molecular flexibility index (Phi) is 6.88. The molecule has 6 heteroatoms. The van der Waals surface area contributed by atoms with E-state index in [-0.39, 0.29) is 5.91 Å². The number of carbonyl (C=O) groups excluding carboxylic acids is 2. The fraction of sp³-hybridized carbons (Fsp3) is 0.529. The third kappa shape index (κ3) is 7.54. The number of carbonyl (C=O) groups is 2. The highest BCUT2D eigenvalue weighted by molar-refractivity contribution is 5.94. The molecule has 23 heavy (non-hydrogen) atoms. The molecule has 0 aromatic heterocycles. The Morgan fingerprint density at radius 2 is 1.87 bits per heavy atom. The minimum absolute atomic E-state index is 0.0276. The number of rotatable bonds is 6. The molecule has 2 N–H and O–H groups in total. The Labute approximate surface area is 138 Å². The van der Waals surface area contributed by atoms with E-state index in [2.05, 4.69) is 10.6 Å². The third-order valence-electron chi connectivity index (χ3n) is 2.87. The van der Waals surface area contributed by atoms with Crippen LogP contribution in [-0.2, 0) is 4.74 Å². The molecule has 0 aliphatic rings. The molecule has 0 aliphatic heterocycles. The van der Waals surface area contributed by atoms with Gasteiger partial charge in [0, 0.05) is 38.4 Å². The highest BCUT2D eigenvalue weighted by Crippen LogP contribution is 2.12. The summed E-state index contributed by atoms with van der Waals surface area (Å²) >= 11 is 0. The number of hydrogen-bond donors (Lipinski definition) is 2. The molecule has 0 heterocycles. The Hall–Kier alpha value is -2.24. The first-order valence-electron chi connectivity index (χ1n) is 7.71. The van der Waals surface area contributed by atoms with E-state index in [4.69, 9.17) is 4.74 Å². The molecule has 0 aliphatic carbocycles. The fourth-order valence-corrected chi connectivity index (χ4v) is 1.85. The quantitative estimate of drug-likeness (QED) is 0.790. The molecule has 0 saturated carbocycles. The van der Waals surface area contributed by atoms with Crippen molar-refractivity contribution in [2.75, 3.05) is 32.5 Å². The van der Waals surface area contributed by atoms with Crippen molar-refractivity contribution >= 4 is 17.7 Å². The van der Waals surface area contributed by atoms with Crippen molar-refractivity contribution in [3.63, 3.8) is 0 Å². The summed E-state index contributed by atoms with van der Waals surface area (Å²) in [6.45, 7) is 6.70. The van der Waals surface area contributed by atoms with Crippen LogP contribution in [0.15, 0.2) is 24.3 Å². The van der Waals surface area contributed by atoms with E-state index in [1.165, 1.54) is 0 Å². The van der Waals surface area contributed by atoms with E-state index in [0.29, 0.717) is 18.7 Å². The number of amides is 2. The van der Waals surface area contributed by atoms with Gasteiger partial charge in [-0.3, -0.25) is 4.79 Å². The summed E-state index contributed by atoms with van der Waals surface area (Å²) in [6, 6.07) is 7.37. The van der Waals surface area contributed by atoms with E-state index in [9.17, 15) is 9.59 Å². The number of alkyl carbamates (subject to hydrolysis) is 1. The van der Waals surface area contributed by atoms with Crippen LogP contribution in [-0.4, -0.2) is 49.7 Å². The zero-order chi connectivity index (χ0) is 17.5. The summed E-state index contributed by atoms with van der Waals surface area (Å²) in [4.78, 5) is 24.9. The van der Waals surface area contributed by atoms with E-state index in [1.54, 1.807) is 25.1 Å².